The van der Waals surface area contributed by atoms with Crippen LogP contribution in [-0.2, 0) is 67.4 Å². The summed E-state index contributed by atoms with van der Waals surface area (Å²) >= 11 is 0. The second-order valence-electron chi connectivity index (χ2n) is 0. The van der Waals surface area contributed by atoms with E-state index >= 15 is 0 Å². The van der Waals surface area contributed by atoms with Crippen LogP contribution in [0.15, 0.2) is 0 Å². The minimum Gasteiger partial charge on any atom is 0 e. The van der Waals surface area contributed by atoms with Crippen LogP contribution in [0, 0.1) is 0 Å². The zero-order valence-corrected chi connectivity index (χ0v) is 11.0. The summed E-state index contributed by atoms with van der Waals surface area (Å²) < 4.78 is 0. The maximum atomic E-state index is 0. The van der Waals surface area contributed by atoms with Gasteiger partial charge in [-0.25, -0.2) is 0 Å². The average molecular weight is 242 g/mol. The van der Waals surface area contributed by atoms with E-state index in [2.05, 4.69) is 0 Å². The number of hydrogen-bond acceptors (Lipinski definition) is 0. The summed E-state index contributed by atoms with van der Waals surface area (Å²) in [6, 6.07) is 0. The van der Waals surface area contributed by atoms with Gasteiger partial charge in [0.15, 0.2) is 0 Å². The van der Waals surface area contributed by atoms with E-state index in [0.29, 0.717) is 0 Å². The maximum absolute atomic E-state index is 0. The van der Waals surface area contributed by atoms with Gasteiger partial charge in [0.1, 0.15) is 0 Å². The van der Waals surface area contributed by atoms with Gasteiger partial charge in [-0.1, -0.05) is 0 Å². The second-order valence-corrected chi connectivity index (χ2v) is 0. The standard InChI is InChI=1S/Al.B.Ti.Zn.Zr. The third-order valence-corrected chi connectivity index (χ3v) is 0. The molecule has 0 saturated heterocycles. The third kappa shape index (κ3) is 19.9. The van der Waals surface area contributed by atoms with E-state index in [1.807, 2.05) is 0 Å². The van der Waals surface area contributed by atoms with Gasteiger partial charge in [0, 0.05) is 93.2 Å². The van der Waals surface area contributed by atoms with Crippen LogP contribution >= 0.6 is 0 Å². The van der Waals surface area contributed by atoms with Gasteiger partial charge < -0.3 is 0 Å². The smallest absolute Gasteiger partial charge is 0 e. The fraction of sp³-hybridized carbons (Fsp3) is 0. The van der Waals surface area contributed by atoms with Crippen molar-refractivity contribution >= 4 is 25.8 Å². The van der Waals surface area contributed by atoms with Crippen LogP contribution in [0.3, 0.4) is 0 Å². The van der Waals surface area contributed by atoms with Crippen LogP contribution in [0.25, 0.3) is 0 Å². The predicted octanol–water partition coefficient (Wildman–Crippen LogP) is -0.769. The van der Waals surface area contributed by atoms with E-state index in [1.54, 1.807) is 0 Å². The number of hydrogen-bond donors (Lipinski definition) is 0. The van der Waals surface area contributed by atoms with Crippen LogP contribution in [0.5, 0.6) is 0 Å². The summed E-state index contributed by atoms with van der Waals surface area (Å²) in [4.78, 5) is 0. The van der Waals surface area contributed by atoms with Gasteiger partial charge in [-0.3, -0.25) is 0 Å². The fourth-order valence-electron chi connectivity index (χ4n) is 0. The van der Waals surface area contributed by atoms with Crippen molar-refractivity contribution in [2.45, 2.75) is 0 Å². The molecule has 6 radical (unpaired) electrons. The van der Waals surface area contributed by atoms with E-state index in [9.17, 15) is 0 Å². The Morgan fingerprint density at radius 2 is 1.00 bits per heavy atom. The molecule has 0 N–H and O–H groups in total. The van der Waals surface area contributed by atoms with Crippen molar-refractivity contribution in [1.29, 1.82) is 0 Å². The Kier molecular flexibility index (Phi) is 266. The molecule has 0 aliphatic heterocycles. The maximum Gasteiger partial charge on any atom is 0 e. The van der Waals surface area contributed by atoms with Gasteiger partial charge >= 0.3 is 0 Å². The minimum atomic E-state index is 0. The van der Waals surface area contributed by atoms with Crippen LogP contribution in [0.2, 0.25) is 0 Å². The average Bonchev–Trinajstić information content (AvgIpc) is 0. The molecule has 0 atom stereocenters. The fourth-order valence-corrected chi connectivity index (χ4v) is 0. The SMILES string of the molecule is [Al].[B].[Ti].[Zn].[Zr]. The van der Waals surface area contributed by atoms with Crippen LogP contribution in [0.1, 0.15) is 0 Å². The monoisotopic (exact) mass is 240 g/mol. The Morgan fingerprint density at radius 3 is 1.00 bits per heavy atom. The molecule has 0 amide bonds. The summed E-state index contributed by atoms with van der Waals surface area (Å²) in [6.07, 6.45) is 0. The normalized spacial score (nSPS) is 0. The van der Waals surface area contributed by atoms with Gasteiger partial charge in [0.25, 0.3) is 0 Å². The Balaban J connectivity index is 0. The first-order valence-corrected chi connectivity index (χ1v) is 0. The first kappa shape index (κ1) is 45.8. The van der Waals surface area contributed by atoms with E-state index in [0.717, 1.165) is 0 Å². The molecule has 0 aliphatic carbocycles. The summed E-state index contributed by atoms with van der Waals surface area (Å²) in [7, 11) is 0. The van der Waals surface area contributed by atoms with Gasteiger partial charge in [0.2, 0.25) is 0 Å². The molecule has 0 nitrogen and oxygen atoms in total. The molecular weight excluding hydrogens is 242 g/mol. The van der Waals surface area contributed by atoms with Crippen molar-refractivity contribution in [3.05, 3.63) is 0 Å². The molecule has 0 aliphatic rings. The molecule has 0 unspecified atom stereocenters. The van der Waals surface area contributed by atoms with Crippen molar-refractivity contribution in [2.75, 3.05) is 0 Å². The van der Waals surface area contributed by atoms with Gasteiger partial charge in [0.05, 0.1) is 0 Å². The summed E-state index contributed by atoms with van der Waals surface area (Å²) in [5, 5.41) is 0. The molecule has 5 heteroatoms. The predicted molar refractivity (Wildman–Crippen MR) is 11.5 cm³/mol. The summed E-state index contributed by atoms with van der Waals surface area (Å²) in [5.41, 5.74) is 0. The Bertz CT molecular complexity index is 11.6. The van der Waals surface area contributed by atoms with Crippen LogP contribution < -0.4 is 0 Å². The van der Waals surface area contributed by atoms with E-state index in [-0.39, 0.29) is 93.2 Å². The van der Waals surface area contributed by atoms with Gasteiger partial charge in [-0.05, 0) is 0 Å². The summed E-state index contributed by atoms with van der Waals surface area (Å²) in [6.45, 7) is 0. The molecular formula is AlBTiZnZr. The molecule has 5 heavy (non-hydrogen) atoms. The molecule has 0 rings (SSSR count). The second kappa shape index (κ2) is 29.1. The van der Waals surface area contributed by atoms with Crippen molar-refractivity contribution in [3.8, 4) is 0 Å². The molecule has 16 valence electrons. The topological polar surface area (TPSA) is 0 Å². The van der Waals surface area contributed by atoms with Crippen molar-refractivity contribution in [1.82, 2.24) is 0 Å². The zero-order chi connectivity index (χ0) is 0. The molecule has 0 heterocycles. The Hall–Kier alpha value is 2.82. The molecule has 0 fully saturated rings. The minimum absolute atomic E-state index is 0. The molecule has 0 bridgehead atoms. The van der Waals surface area contributed by atoms with Crippen molar-refractivity contribution < 1.29 is 67.4 Å². The Morgan fingerprint density at radius 1 is 1.00 bits per heavy atom. The first-order chi connectivity index (χ1) is 0. The van der Waals surface area contributed by atoms with E-state index in [1.165, 1.54) is 0 Å². The zero-order valence-electron chi connectivity index (χ0n) is 2.86. The number of rotatable bonds is 0. The molecule has 0 saturated carbocycles. The largest absolute Gasteiger partial charge is 0 e. The quantitative estimate of drug-likeness (QED) is 0.489. The summed E-state index contributed by atoms with van der Waals surface area (Å²) in [5.74, 6) is 0. The molecule has 0 aromatic carbocycles. The Labute approximate surface area is 91.7 Å². The van der Waals surface area contributed by atoms with Gasteiger partial charge in [-0.2, -0.15) is 0 Å². The van der Waals surface area contributed by atoms with Crippen molar-refractivity contribution in [3.63, 3.8) is 0 Å². The molecule has 0 spiro atoms. The molecule has 0 aromatic heterocycles. The van der Waals surface area contributed by atoms with Crippen LogP contribution in [0.4, 0.5) is 0 Å². The molecule has 0 aromatic rings. The van der Waals surface area contributed by atoms with Crippen LogP contribution in [-0.4, -0.2) is 25.8 Å². The third-order valence-electron chi connectivity index (χ3n) is 0. The van der Waals surface area contributed by atoms with E-state index in [4.69, 9.17) is 0 Å². The van der Waals surface area contributed by atoms with E-state index < -0.39 is 0 Å². The first-order valence-electron chi connectivity index (χ1n) is 0. The van der Waals surface area contributed by atoms with Crippen molar-refractivity contribution in [2.24, 2.45) is 0 Å². The van der Waals surface area contributed by atoms with Gasteiger partial charge in [-0.15, -0.1) is 0 Å².